The van der Waals surface area contributed by atoms with Crippen LogP contribution in [-0.4, -0.2) is 38.6 Å². The molecule has 1 atom stereocenters. The van der Waals surface area contributed by atoms with Gasteiger partial charge in [-0.05, 0) is 55.8 Å². The van der Waals surface area contributed by atoms with Gasteiger partial charge in [0.05, 0.1) is 13.7 Å². The van der Waals surface area contributed by atoms with E-state index in [-0.39, 0.29) is 24.9 Å². The number of aryl methyl sites for hydroxylation is 1. The lowest BCUT2D eigenvalue weighted by atomic mass is 10.2. The Bertz CT molecular complexity index is 794. The summed E-state index contributed by atoms with van der Waals surface area (Å²) < 4.78 is 5.09. The SMILES string of the molecule is CC[NH+](CC(=O)Nc1ccc(OC)cc1)CC(=O)Nc1cc(Cl)ccc1C. The third-order valence-corrected chi connectivity index (χ3v) is 4.40. The summed E-state index contributed by atoms with van der Waals surface area (Å²) in [5, 5.41) is 6.26. The minimum atomic E-state index is -0.158. The molecule has 0 aliphatic rings. The molecule has 0 fully saturated rings. The molecule has 0 aromatic heterocycles. The number of carbonyl (C=O) groups is 2. The number of nitrogens with one attached hydrogen (secondary N) is 3. The van der Waals surface area contributed by atoms with E-state index in [4.69, 9.17) is 16.3 Å². The molecule has 0 bridgehead atoms. The topological polar surface area (TPSA) is 71.9 Å². The number of halogens is 1. The summed E-state index contributed by atoms with van der Waals surface area (Å²) in [6.07, 6.45) is 0. The maximum absolute atomic E-state index is 12.3. The predicted molar refractivity (Wildman–Crippen MR) is 108 cm³/mol. The highest BCUT2D eigenvalue weighted by Crippen LogP contribution is 2.19. The van der Waals surface area contributed by atoms with Crippen LogP contribution in [0.5, 0.6) is 5.75 Å². The zero-order valence-corrected chi connectivity index (χ0v) is 16.5. The maximum Gasteiger partial charge on any atom is 0.279 e. The number of hydrogen-bond donors (Lipinski definition) is 3. The summed E-state index contributed by atoms with van der Waals surface area (Å²) in [4.78, 5) is 25.5. The van der Waals surface area contributed by atoms with E-state index < -0.39 is 0 Å². The lowest BCUT2D eigenvalue weighted by Crippen LogP contribution is -3.13. The van der Waals surface area contributed by atoms with Gasteiger partial charge in [0.1, 0.15) is 5.75 Å². The van der Waals surface area contributed by atoms with Crippen molar-refractivity contribution in [2.45, 2.75) is 13.8 Å². The van der Waals surface area contributed by atoms with Crippen LogP contribution in [0.2, 0.25) is 5.02 Å². The van der Waals surface area contributed by atoms with Crippen molar-refractivity contribution in [3.63, 3.8) is 0 Å². The third kappa shape index (κ3) is 6.58. The van der Waals surface area contributed by atoms with E-state index in [0.29, 0.717) is 22.9 Å². The molecule has 2 amide bonds. The van der Waals surface area contributed by atoms with Gasteiger partial charge in [-0.1, -0.05) is 17.7 Å². The van der Waals surface area contributed by atoms with Crippen molar-refractivity contribution in [1.82, 2.24) is 0 Å². The average Bonchev–Trinajstić information content (AvgIpc) is 2.64. The van der Waals surface area contributed by atoms with Gasteiger partial charge in [0.25, 0.3) is 11.8 Å². The van der Waals surface area contributed by atoms with Crippen molar-refractivity contribution in [3.8, 4) is 5.75 Å². The molecule has 0 spiro atoms. The summed E-state index contributed by atoms with van der Waals surface area (Å²) in [6, 6.07) is 12.5. The van der Waals surface area contributed by atoms with Crippen molar-refractivity contribution >= 4 is 34.8 Å². The second-order valence-corrected chi connectivity index (χ2v) is 6.68. The molecule has 144 valence electrons. The van der Waals surface area contributed by atoms with Gasteiger partial charge in [0.15, 0.2) is 13.1 Å². The van der Waals surface area contributed by atoms with Gasteiger partial charge in [0.2, 0.25) is 0 Å². The van der Waals surface area contributed by atoms with E-state index in [1.165, 1.54) is 0 Å². The Morgan fingerprint density at radius 2 is 1.67 bits per heavy atom. The van der Waals surface area contributed by atoms with Crippen LogP contribution in [0.1, 0.15) is 12.5 Å². The molecular formula is C20H25ClN3O3+. The first-order valence-corrected chi connectivity index (χ1v) is 9.12. The van der Waals surface area contributed by atoms with Crippen molar-refractivity contribution in [1.29, 1.82) is 0 Å². The third-order valence-electron chi connectivity index (χ3n) is 4.17. The van der Waals surface area contributed by atoms with Gasteiger partial charge < -0.3 is 20.3 Å². The second-order valence-electron chi connectivity index (χ2n) is 6.24. The zero-order valence-electron chi connectivity index (χ0n) is 15.8. The summed E-state index contributed by atoms with van der Waals surface area (Å²) in [6.45, 7) is 4.88. The fourth-order valence-corrected chi connectivity index (χ4v) is 2.74. The number of benzene rings is 2. The maximum atomic E-state index is 12.3. The molecule has 0 aliphatic heterocycles. The van der Waals surface area contributed by atoms with Crippen molar-refractivity contribution in [2.75, 3.05) is 37.4 Å². The van der Waals surface area contributed by atoms with Crippen LogP contribution >= 0.6 is 11.6 Å². The van der Waals surface area contributed by atoms with Crippen molar-refractivity contribution in [3.05, 3.63) is 53.1 Å². The smallest absolute Gasteiger partial charge is 0.279 e. The van der Waals surface area contributed by atoms with E-state index in [1.54, 1.807) is 43.5 Å². The fourth-order valence-electron chi connectivity index (χ4n) is 2.57. The van der Waals surface area contributed by atoms with Gasteiger partial charge in [-0.15, -0.1) is 0 Å². The number of amides is 2. The summed E-state index contributed by atoms with van der Waals surface area (Å²) >= 11 is 5.98. The summed E-state index contributed by atoms with van der Waals surface area (Å²) in [5.41, 5.74) is 2.31. The highest BCUT2D eigenvalue weighted by molar-refractivity contribution is 6.31. The molecule has 6 nitrogen and oxygen atoms in total. The predicted octanol–water partition coefficient (Wildman–Crippen LogP) is 2.14. The number of ether oxygens (including phenoxy) is 1. The van der Waals surface area contributed by atoms with Gasteiger partial charge in [-0.25, -0.2) is 0 Å². The Morgan fingerprint density at radius 3 is 2.26 bits per heavy atom. The first-order valence-electron chi connectivity index (χ1n) is 8.74. The number of likely N-dealkylation sites (N-methyl/N-ethyl adjacent to an activating group) is 1. The first-order chi connectivity index (χ1) is 12.9. The fraction of sp³-hybridized carbons (Fsp3) is 0.300. The van der Waals surface area contributed by atoms with Gasteiger partial charge in [-0.3, -0.25) is 9.59 Å². The van der Waals surface area contributed by atoms with Crippen LogP contribution in [0.15, 0.2) is 42.5 Å². The largest absolute Gasteiger partial charge is 0.497 e. The molecule has 0 saturated carbocycles. The molecule has 0 aliphatic carbocycles. The Morgan fingerprint density at radius 1 is 1.04 bits per heavy atom. The number of hydrogen-bond acceptors (Lipinski definition) is 3. The Kier molecular flexibility index (Phi) is 7.64. The van der Waals surface area contributed by atoms with Gasteiger partial charge >= 0.3 is 0 Å². The molecule has 2 aromatic rings. The molecule has 3 N–H and O–H groups in total. The van der Waals surface area contributed by atoms with E-state index in [1.807, 2.05) is 19.9 Å². The molecule has 27 heavy (non-hydrogen) atoms. The number of rotatable bonds is 8. The molecule has 0 heterocycles. The monoisotopic (exact) mass is 390 g/mol. The van der Waals surface area contributed by atoms with Gasteiger partial charge in [0, 0.05) is 16.4 Å². The normalized spacial score (nSPS) is 11.6. The molecule has 7 heteroatoms. The van der Waals surface area contributed by atoms with Gasteiger partial charge in [-0.2, -0.15) is 0 Å². The summed E-state index contributed by atoms with van der Waals surface area (Å²) in [7, 11) is 1.59. The Balaban J connectivity index is 1.88. The van der Waals surface area contributed by atoms with E-state index in [9.17, 15) is 9.59 Å². The van der Waals surface area contributed by atoms with Crippen LogP contribution in [0, 0.1) is 6.92 Å². The molecule has 0 radical (unpaired) electrons. The van der Waals surface area contributed by atoms with E-state index in [0.717, 1.165) is 16.2 Å². The number of methoxy groups -OCH3 is 1. The van der Waals surface area contributed by atoms with Crippen molar-refractivity contribution < 1.29 is 19.2 Å². The van der Waals surface area contributed by atoms with Crippen LogP contribution in [0.3, 0.4) is 0 Å². The molecule has 0 saturated heterocycles. The van der Waals surface area contributed by atoms with Crippen LogP contribution in [-0.2, 0) is 9.59 Å². The average molecular weight is 391 g/mol. The molecular weight excluding hydrogens is 366 g/mol. The van der Waals surface area contributed by atoms with Crippen LogP contribution in [0.25, 0.3) is 0 Å². The minimum absolute atomic E-state index is 0.149. The Hall–Kier alpha value is -2.57. The quantitative estimate of drug-likeness (QED) is 0.646. The molecule has 2 aromatic carbocycles. The lowest BCUT2D eigenvalue weighted by Gasteiger charge is -2.17. The zero-order chi connectivity index (χ0) is 19.8. The highest BCUT2D eigenvalue weighted by atomic mass is 35.5. The number of carbonyl (C=O) groups excluding carboxylic acids is 2. The van der Waals surface area contributed by atoms with Crippen LogP contribution < -0.4 is 20.3 Å². The minimum Gasteiger partial charge on any atom is -0.497 e. The standard InChI is InChI=1S/C20H24ClN3O3/c1-4-24(12-19(25)22-16-7-9-17(27-3)10-8-16)13-20(26)23-18-11-15(21)6-5-14(18)2/h5-11H,4,12-13H2,1-3H3,(H,22,25)(H,23,26)/p+1. The number of anilines is 2. The summed E-state index contributed by atoms with van der Waals surface area (Å²) in [5.74, 6) is 0.417. The first kappa shape index (κ1) is 20.7. The Labute approximate surface area is 164 Å². The van der Waals surface area contributed by atoms with Crippen LogP contribution in [0.4, 0.5) is 11.4 Å². The van der Waals surface area contributed by atoms with E-state index >= 15 is 0 Å². The molecule has 2 rings (SSSR count). The lowest BCUT2D eigenvalue weighted by molar-refractivity contribution is -0.881. The molecule has 1 unspecified atom stereocenters. The second kappa shape index (κ2) is 9.94. The van der Waals surface area contributed by atoms with E-state index in [2.05, 4.69) is 10.6 Å². The number of quaternary nitrogens is 1. The highest BCUT2D eigenvalue weighted by Gasteiger charge is 2.17. The van der Waals surface area contributed by atoms with Crippen molar-refractivity contribution in [2.24, 2.45) is 0 Å².